The zero-order valence-electron chi connectivity index (χ0n) is 20.5. The van der Waals surface area contributed by atoms with Gasteiger partial charge in [-0.1, -0.05) is 18.4 Å². The first-order valence-electron chi connectivity index (χ1n) is 13.1. The van der Waals surface area contributed by atoms with Crippen LogP contribution in [0.15, 0.2) is 22.8 Å². The van der Waals surface area contributed by atoms with Crippen LogP contribution in [0.4, 0.5) is 0 Å². The summed E-state index contributed by atoms with van der Waals surface area (Å²) < 4.78 is 0. The number of nitrogens with zero attached hydrogens (tertiary/aromatic N) is 1. The highest BCUT2D eigenvalue weighted by Gasteiger charge is 2.63. The van der Waals surface area contributed by atoms with Gasteiger partial charge >= 0.3 is 0 Å². The molecule has 0 heterocycles. The standard InChI is InChI=1S/C29H41NO2/c1-5-15-29(32)16-14-26-24-12-8-20-17-22(31)11-13-23(20)27(24)25(18-28(26,29)2)19-6-9-21(10-7-19)30(3)4/h17,19,21,24-26,32H,6-14,16,18H2,1-4H3/t19?,21?,24?,25-,26?,28+,29+/m1/s1. The quantitative estimate of drug-likeness (QED) is 0.599. The molecule has 2 unspecified atom stereocenters. The van der Waals surface area contributed by atoms with E-state index in [1.54, 1.807) is 11.1 Å². The molecule has 0 radical (unpaired) electrons. The number of hydrogen-bond donors (Lipinski definition) is 1. The van der Waals surface area contributed by atoms with E-state index in [-0.39, 0.29) is 5.41 Å². The Kier molecular flexibility index (Phi) is 5.70. The van der Waals surface area contributed by atoms with Crippen molar-refractivity contribution in [1.29, 1.82) is 0 Å². The van der Waals surface area contributed by atoms with Crippen molar-refractivity contribution in [3.8, 4) is 11.8 Å². The summed E-state index contributed by atoms with van der Waals surface area (Å²) in [4.78, 5) is 14.6. The molecule has 0 aliphatic heterocycles. The van der Waals surface area contributed by atoms with Gasteiger partial charge in [-0.05, 0) is 126 Å². The minimum atomic E-state index is -0.847. The number of fused-ring (bicyclic) bond motifs is 4. The fraction of sp³-hybridized carbons (Fsp3) is 0.759. The molecular weight excluding hydrogens is 394 g/mol. The zero-order chi connectivity index (χ0) is 22.7. The lowest BCUT2D eigenvalue weighted by molar-refractivity contribution is -0.114. The predicted octanol–water partition coefficient (Wildman–Crippen LogP) is 5.29. The number of hydrogen-bond acceptors (Lipinski definition) is 3. The molecule has 3 fully saturated rings. The monoisotopic (exact) mass is 435 g/mol. The van der Waals surface area contributed by atoms with Gasteiger partial charge in [0, 0.05) is 17.9 Å². The molecule has 0 amide bonds. The maximum absolute atomic E-state index is 12.2. The lowest BCUT2D eigenvalue weighted by Crippen LogP contribution is -2.53. The first-order chi connectivity index (χ1) is 15.3. The van der Waals surface area contributed by atoms with Gasteiger partial charge in [-0.3, -0.25) is 4.79 Å². The van der Waals surface area contributed by atoms with Crippen molar-refractivity contribution in [2.24, 2.45) is 29.1 Å². The summed E-state index contributed by atoms with van der Waals surface area (Å²) in [5.74, 6) is 9.02. The van der Waals surface area contributed by atoms with Crippen molar-refractivity contribution < 1.29 is 9.90 Å². The highest BCUT2D eigenvalue weighted by molar-refractivity contribution is 5.93. The van der Waals surface area contributed by atoms with Crippen molar-refractivity contribution in [2.75, 3.05) is 14.1 Å². The molecule has 1 N–H and O–H groups in total. The fourth-order valence-corrected chi connectivity index (χ4v) is 8.58. The van der Waals surface area contributed by atoms with Gasteiger partial charge in [0.05, 0.1) is 0 Å². The van der Waals surface area contributed by atoms with E-state index < -0.39 is 5.60 Å². The first-order valence-corrected chi connectivity index (χ1v) is 13.1. The summed E-state index contributed by atoms with van der Waals surface area (Å²) >= 11 is 0. The minimum absolute atomic E-state index is 0.125. The van der Waals surface area contributed by atoms with Crippen molar-refractivity contribution in [2.45, 2.75) is 96.1 Å². The number of aliphatic hydroxyl groups is 1. The Hall–Kier alpha value is -1.37. The van der Waals surface area contributed by atoms with Crippen LogP contribution in [0.3, 0.4) is 0 Å². The average molecular weight is 436 g/mol. The van der Waals surface area contributed by atoms with Gasteiger partial charge in [0.25, 0.3) is 0 Å². The predicted molar refractivity (Wildman–Crippen MR) is 129 cm³/mol. The van der Waals surface area contributed by atoms with E-state index in [9.17, 15) is 9.90 Å². The third-order valence-electron chi connectivity index (χ3n) is 10.3. The molecule has 5 aliphatic carbocycles. The average Bonchev–Trinajstić information content (AvgIpc) is 3.03. The molecule has 0 saturated heterocycles. The first kappa shape index (κ1) is 22.4. The summed E-state index contributed by atoms with van der Waals surface area (Å²) in [6, 6.07) is 0.704. The molecule has 174 valence electrons. The molecule has 5 rings (SSSR count). The number of carbonyl (C=O) groups excluding carboxylic acids is 1. The second kappa shape index (κ2) is 8.14. The topological polar surface area (TPSA) is 40.5 Å². The van der Waals surface area contributed by atoms with Crippen LogP contribution in [-0.2, 0) is 4.79 Å². The van der Waals surface area contributed by atoms with Gasteiger partial charge in [-0.2, -0.15) is 0 Å². The molecule has 3 heteroatoms. The van der Waals surface area contributed by atoms with Crippen LogP contribution in [0.5, 0.6) is 0 Å². The molecular formula is C29H41NO2. The highest BCUT2D eigenvalue weighted by atomic mass is 16.3. The van der Waals surface area contributed by atoms with Crippen LogP contribution >= 0.6 is 0 Å². The second-order valence-corrected chi connectivity index (χ2v) is 11.9. The molecule has 0 aromatic carbocycles. The third-order valence-corrected chi connectivity index (χ3v) is 10.3. The molecule has 3 saturated carbocycles. The second-order valence-electron chi connectivity index (χ2n) is 11.9. The zero-order valence-corrected chi connectivity index (χ0v) is 20.5. The van der Waals surface area contributed by atoms with Gasteiger partial charge in [-0.15, -0.1) is 5.92 Å². The molecule has 0 aromatic rings. The van der Waals surface area contributed by atoms with Crippen molar-refractivity contribution in [1.82, 2.24) is 4.90 Å². The van der Waals surface area contributed by atoms with Crippen molar-refractivity contribution in [3.63, 3.8) is 0 Å². The lowest BCUT2D eigenvalue weighted by Gasteiger charge is -2.55. The molecule has 32 heavy (non-hydrogen) atoms. The van der Waals surface area contributed by atoms with Crippen LogP contribution < -0.4 is 0 Å². The van der Waals surface area contributed by atoms with Gasteiger partial charge in [0.1, 0.15) is 5.60 Å². The molecule has 0 spiro atoms. The fourth-order valence-electron chi connectivity index (χ4n) is 8.58. The number of allylic oxidation sites excluding steroid dienone is 4. The molecule has 5 atom stereocenters. The van der Waals surface area contributed by atoms with E-state index in [2.05, 4.69) is 37.8 Å². The summed E-state index contributed by atoms with van der Waals surface area (Å²) in [6.45, 7) is 4.24. The normalized spacial score (nSPS) is 43.8. The molecule has 0 bridgehead atoms. The van der Waals surface area contributed by atoms with E-state index in [1.807, 2.05) is 13.0 Å². The van der Waals surface area contributed by atoms with Crippen molar-refractivity contribution in [3.05, 3.63) is 22.8 Å². The summed E-state index contributed by atoms with van der Waals surface area (Å²) in [5.41, 5.74) is 3.66. The van der Waals surface area contributed by atoms with E-state index in [1.165, 1.54) is 31.3 Å². The molecule has 0 aromatic heterocycles. The van der Waals surface area contributed by atoms with Gasteiger partial charge in [-0.25, -0.2) is 0 Å². The lowest BCUT2D eigenvalue weighted by atomic mass is 9.49. The Morgan fingerprint density at radius 1 is 1.03 bits per heavy atom. The number of carbonyl (C=O) groups is 1. The molecule has 5 aliphatic rings. The minimum Gasteiger partial charge on any atom is -0.377 e. The maximum atomic E-state index is 12.2. The van der Waals surface area contributed by atoms with Crippen molar-refractivity contribution >= 4 is 5.78 Å². The molecule has 3 nitrogen and oxygen atoms in total. The van der Waals surface area contributed by atoms with Gasteiger partial charge in [0.15, 0.2) is 5.78 Å². The Morgan fingerprint density at radius 2 is 1.78 bits per heavy atom. The number of ketones is 1. The van der Waals surface area contributed by atoms with Crippen LogP contribution in [0.2, 0.25) is 0 Å². The van der Waals surface area contributed by atoms with Gasteiger partial charge in [0.2, 0.25) is 0 Å². The largest absolute Gasteiger partial charge is 0.377 e. The Bertz CT molecular complexity index is 909. The van der Waals surface area contributed by atoms with E-state index in [0.717, 1.165) is 38.5 Å². The van der Waals surface area contributed by atoms with Gasteiger partial charge < -0.3 is 10.0 Å². The smallest absolute Gasteiger partial charge is 0.156 e. The highest BCUT2D eigenvalue weighted by Crippen LogP contribution is 2.66. The van der Waals surface area contributed by atoms with Crippen LogP contribution in [0, 0.1) is 40.9 Å². The van der Waals surface area contributed by atoms with Crippen LogP contribution in [-0.4, -0.2) is 41.5 Å². The van der Waals surface area contributed by atoms with Crippen LogP contribution in [0.25, 0.3) is 0 Å². The summed E-state index contributed by atoms with van der Waals surface area (Å²) in [7, 11) is 4.44. The summed E-state index contributed by atoms with van der Waals surface area (Å²) in [6.07, 6.45) is 13.9. The third kappa shape index (κ3) is 3.36. The maximum Gasteiger partial charge on any atom is 0.156 e. The van der Waals surface area contributed by atoms with E-state index in [4.69, 9.17) is 0 Å². The van der Waals surface area contributed by atoms with E-state index >= 15 is 0 Å². The van der Waals surface area contributed by atoms with Crippen LogP contribution in [0.1, 0.15) is 84.5 Å². The Labute approximate surface area is 194 Å². The van der Waals surface area contributed by atoms with E-state index in [0.29, 0.717) is 41.9 Å². The SMILES string of the molecule is CC#C[C@]1(O)CCC2C3CCC4=CC(=O)CCC4=C3[C@@H](C3CCC(N(C)C)CC3)C[C@@]21C. The Balaban J connectivity index is 1.57. The Morgan fingerprint density at radius 3 is 2.47 bits per heavy atom. The number of rotatable bonds is 2. The summed E-state index contributed by atoms with van der Waals surface area (Å²) in [5, 5.41) is 11.8.